The third-order valence-electron chi connectivity index (χ3n) is 4.62. The number of carbonyl (C=O) groups excluding carboxylic acids is 2. The number of Topliss-reactive ketones (excluding diaryl/α,β-unsaturated/α-hetero) is 1. The lowest BCUT2D eigenvalue weighted by Crippen LogP contribution is -2.45. The van der Waals surface area contributed by atoms with Crippen molar-refractivity contribution >= 4 is 22.6 Å². The van der Waals surface area contributed by atoms with Crippen LogP contribution in [0.2, 0.25) is 0 Å². The number of esters is 1. The first-order valence-electron chi connectivity index (χ1n) is 9.73. The maximum atomic E-state index is 12.7. The Bertz CT molecular complexity index is 1130. The van der Waals surface area contributed by atoms with Gasteiger partial charge < -0.3 is 4.74 Å². The summed E-state index contributed by atoms with van der Waals surface area (Å²) < 4.78 is 79.9. The summed E-state index contributed by atoms with van der Waals surface area (Å²) in [6.07, 6.45) is -15.8. The Hall–Kier alpha value is -3.27. The summed E-state index contributed by atoms with van der Waals surface area (Å²) in [7, 11) is -0.720. The molecule has 3 aromatic rings. The van der Waals surface area contributed by atoms with E-state index in [0.29, 0.717) is 10.5 Å². The first-order chi connectivity index (χ1) is 15.9. The number of hydrogen-bond donors (Lipinski definition) is 0. The largest absolute Gasteiger partial charge is 0.439 e. The third kappa shape index (κ3) is 5.99. The van der Waals surface area contributed by atoms with Crippen LogP contribution in [-0.2, 0) is 15.6 Å². The minimum absolute atomic E-state index is 0.106. The van der Waals surface area contributed by atoms with E-state index in [0.717, 1.165) is 21.9 Å². The topological polar surface area (TPSA) is 43.4 Å². The zero-order chi connectivity index (χ0) is 25.1. The number of ether oxygens (including phenoxy) is 1. The van der Waals surface area contributed by atoms with E-state index in [4.69, 9.17) is 0 Å². The van der Waals surface area contributed by atoms with Crippen molar-refractivity contribution in [3.8, 4) is 0 Å². The van der Waals surface area contributed by atoms with Crippen molar-refractivity contribution in [2.24, 2.45) is 0 Å². The van der Waals surface area contributed by atoms with E-state index in [9.17, 15) is 35.9 Å². The fourth-order valence-electron chi connectivity index (χ4n) is 3.01. The van der Waals surface area contributed by atoms with E-state index in [2.05, 4.69) is 4.74 Å². The van der Waals surface area contributed by atoms with E-state index in [1.807, 2.05) is 30.3 Å². The summed E-state index contributed by atoms with van der Waals surface area (Å²) in [5, 5.41) is 0. The maximum Gasteiger partial charge on any atom is 0.434 e. The quantitative estimate of drug-likeness (QED) is 0.165. The van der Waals surface area contributed by atoms with Crippen LogP contribution in [-0.4, -0.2) is 30.2 Å². The van der Waals surface area contributed by atoms with Crippen molar-refractivity contribution in [2.75, 3.05) is 0 Å². The highest BCUT2D eigenvalue weighted by Crippen LogP contribution is 2.36. The number of hydrogen-bond acceptors (Lipinski definition) is 3. The van der Waals surface area contributed by atoms with Gasteiger partial charge in [-0.2, -0.15) is 26.3 Å². The van der Waals surface area contributed by atoms with Crippen LogP contribution >= 0.6 is 0 Å². The molecule has 0 heterocycles. The van der Waals surface area contributed by atoms with Gasteiger partial charge in [-0.25, -0.2) is 4.79 Å². The highest BCUT2D eigenvalue weighted by molar-refractivity contribution is 7.97. The highest BCUT2D eigenvalue weighted by Gasteiger charge is 2.60. The molecule has 34 heavy (non-hydrogen) atoms. The van der Waals surface area contributed by atoms with Crippen LogP contribution in [0, 0.1) is 0 Å². The summed E-state index contributed by atoms with van der Waals surface area (Å²) in [6, 6.07) is 21.2. The van der Waals surface area contributed by atoms with Gasteiger partial charge in [0.05, 0.1) is 16.5 Å². The van der Waals surface area contributed by atoms with Crippen LogP contribution in [0.4, 0.5) is 26.3 Å². The lowest BCUT2D eigenvalue weighted by atomic mass is 10.2. The minimum atomic E-state index is -5.79. The van der Waals surface area contributed by atoms with Crippen molar-refractivity contribution in [1.29, 1.82) is 0 Å². The molecule has 0 aliphatic carbocycles. The van der Waals surface area contributed by atoms with E-state index in [1.54, 1.807) is 24.3 Å². The SMILES string of the molecule is CC(=O)c1ccc([S+](c2ccccc2)c2ccc(C(=O)OC(C(F)(F)F)C(F)(F)F)cc2)cc1. The smallest absolute Gasteiger partial charge is 0.434 e. The average molecular weight is 499 g/mol. The molecule has 0 aromatic heterocycles. The second-order valence-electron chi connectivity index (χ2n) is 7.09. The number of ketones is 1. The van der Waals surface area contributed by atoms with E-state index in [-0.39, 0.29) is 5.78 Å². The zero-order valence-corrected chi connectivity index (χ0v) is 18.3. The van der Waals surface area contributed by atoms with Crippen LogP contribution < -0.4 is 0 Å². The second-order valence-corrected chi connectivity index (χ2v) is 9.12. The van der Waals surface area contributed by atoms with Crippen LogP contribution in [0.15, 0.2) is 93.5 Å². The standard InChI is InChI=1S/C24H17F6O3S/c1-15(31)16-7-11-19(12-8-16)34(18-5-3-2-4-6-18)20-13-9-17(10-14-20)21(32)33-22(23(25,26)27)24(28,29)30/h2-14,22H,1H3/q+1. The Kier molecular flexibility index (Phi) is 7.40. The number of benzene rings is 3. The molecule has 0 saturated carbocycles. The summed E-state index contributed by atoms with van der Waals surface area (Å²) in [4.78, 5) is 26.0. The molecule has 0 fully saturated rings. The highest BCUT2D eigenvalue weighted by atomic mass is 32.2. The lowest BCUT2D eigenvalue weighted by Gasteiger charge is -2.22. The van der Waals surface area contributed by atoms with Gasteiger partial charge in [0.25, 0.3) is 6.10 Å². The number of halogens is 6. The predicted octanol–water partition coefficient (Wildman–Crippen LogP) is 6.63. The van der Waals surface area contributed by atoms with Crippen molar-refractivity contribution in [3.63, 3.8) is 0 Å². The summed E-state index contributed by atoms with van der Waals surface area (Å²) in [5.41, 5.74) is 0.0631. The fraction of sp³-hybridized carbons (Fsp3) is 0.167. The molecule has 0 aliphatic rings. The predicted molar refractivity (Wildman–Crippen MR) is 113 cm³/mol. The lowest BCUT2D eigenvalue weighted by molar-refractivity contribution is -0.307. The van der Waals surface area contributed by atoms with Crippen molar-refractivity contribution < 1.29 is 40.7 Å². The zero-order valence-electron chi connectivity index (χ0n) is 17.5. The monoisotopic (exact) mass is 499 g/mol. The van der Waals surface area contributed by atoms with Crippen LogP contribution in [0.25, 0.3) is 0 Å². The molecule has 1 atom stereocenters. The molecule has 0 spiro atoms. The van der Waals surface area contributed by atoms with Crippen molar-refractivity contribution in [3.05, 3.63) is 90.0 Å². The Balaban J connectivity index is 1.92. The van der Waals surface area contributed by atoms with Crippen LogP contribution in [0.3, 0.4) is 0 Å². The van der Waals surface area contributed by atoms with Gasteiger partial charge in [0.1, 0.15) is 0 Å². The summed E-state index contributed by atoms with van der Waals surface area (Å²) >= 11 is 0. The Morgan fingerprint density at radius 2 is 1.09 bits per heavy atom. The van der Waals surface area contributed by atoms with Crippen molar-refractivity contribution in [2.45, 2.75) is 40.1 Å². The van der Waals surface area contributed by atoms with Gasteiger partial charge in [-0.1, -0.05) is 18.2 Å². The molecule has 0 bridgehead atoms. The minimum Gasteiger partial charge on any atom is -0.439 e. The van der Waals surface area contributed by atoms with Crippen LogP contribution in [0.5, 0.6) is 0 Å². The van der Waals surface area contributed by atoms with Gasteiger partial charge in [-0.15, -0.1) is 0 Å². The maximum absolute atomic E-state index is 12.7. The third-order valence-corrected chi connectivity index (χ3v) is 6.85. The molecule has 178 valence electrons. The van der Waals surface area contributed by atoms with Crippen molar-refractivity contribution in [1.82, 2.24) is 0 Å². The first kappa shape index (κ1) is 25.4. The molecular formula is C24H17F6O3S+. The molecule has 0 aliphatic heterocycles. The summed E-state index contributed by atoms with van der Waals surface area (Å²) in [5.74, 6) is -1.85. The first-order valence-corrected chi connectivity index (χ1v) is 10.9. The molecule has 0 saturated heterocycles. The Labute approximate surface area is 193 Å². The number of carbonyl (C=O) groups is 2. The molecule has 10 heteroatoms. The van der Waals surface area contributed by atoms with Gasteiger partial charge in [-0.3, -0.25) is 4.79 Å². The van der Waals surface area contributed by atoms with Gasteiger partial charge in [0.15, 0.2) is 20.5 Å². The molecule has 3 nitrogen and oxygen atoms in total. The van der Waals surface area contributed by atoms with E-state index in [1.165, 1.54) is 19.1 Å². The molecule has 0 radical (unpaired) electrons. The van der Waals surface area contributed by atoms with Gasteiger partial charge in [0, 0.05) is 5.56 Å². The molecule has 0 N–H and O–H groups in total. The normalized spacial score (nSPS) is 12.9. The Morgan fingerprint density at radius 3 is 1.50 bits per heavy atom. The van der Waals surface area contributed by atoms with Gasteiger partial charge in [0.2, 0.25) is 0 Å². The molecular weight excluding hydrogens is 482 g/mol. The second kappa shape index (κ2) is 9.92. The number of rotatable bonds is 6. The van der Waals surface area contributed by atoms with Gasteiger partial charge >= 0.3 is 18.3 Å². The van der Waals surface area contributed by atoms with E-state index >= 15 is 0 Å². The Morgan fingerprint density at radius 1 is 0.676 bits per heavy atom. The molecule has 3 rings (SSSR count). The summed E-state index contributed by atoms with van der Waals surface area (Å²) in [6.45, 7) is 1.44. The fourth-order valence-corrected chi connectivity index (χ4v) is 5.07. The number of alkyl halides is 6. The molecule has 3 aromatic carbocycles. The van der Waals surface area contributed by atoms with Gasteiger partial charge in [-0.05, 0) is 67.6 Å². The molecule has 1 unspecified atom stereocenters. The average Bonchev–Trinajstić information content (AvgIpc) is 2.77. The molecule has 0 amide bonds. The van der Waals surface area contributed by atoms with Crippen LogP contribution in [0.1, 0.15) is 27.6 Å². The van der Waals surface area contributed by atoms with E-state index < -0.39 is 40.9 Å².